The summed E-state index contributed by atoms with van der Waals surface area (Å²) in [5.41, 5.74) is 2.67. The van der Waals surface area contributed by atoms with Gasteiger partial charge in [0.25, 0.3) is 0 Å². The number of nitrogens with two attached hydrogens (primary N) is 1. The molecule has 88 valence electrons. The van der Waals surface area contributed by atoms with E-state index in [1.807, 2.05) is 6.92 Å². The van der Waals surface area contributed by atoms with Gasteiger partial charge in [0.05, 0.1) is 0 Å². The average Bonchev–Trinajstić information content (AvgIpc) is 2.26. The van der Waals surface area contributed by atoms with Crippen LogP contribution in [0.5, 0.6) is 0 Å². The Morgan fingerprint density at radius 2 is 2.13 bits per heavy atom. The van der Waals surface area contributed by atoms with Crippen LogP contribution in [0.25, 0.3) is 0 Å². The molecule has 15 heavy (non-hydrogen) atoms. The van der Waals surface area contributed by atoms with Gasteiger partial charge < -0.3 is 9.80 Å². The summed E-state index contributed by atoms with van der Waals surface area (Å²) in [5, 5.41) is 0. The van der Waals surface area contributed by atoms with Crippen molar-refractivity contribution in [1.29, 1.82) is 0 Å². The molecule has 5 nitrogen and oxygen atoms in total. The van der Waals surface area contributed by atoms with Crippen LogP contribution in [-0.2, 0) is 0 Å². The monoisotopic (exact) mass is 213 g/mol. The minimum absolute atomic E-state index is 0.558. The molecule has 0 atom stereocenters. The van der Waals surface area contributed by atoms with E-state index in [0.717, 1.165) is 25.6 Å². The van der Waals surface area contributed by atoms with Gasteiger partial charge in [-0.3, -0.25) is 10.4 Å². The van der Waals surface area contributed by atoms with E-state index in [-0.39, 0.29) is 0 Å². The summed E-state index contributed by atoms with van der Waals surface area (Å²) in [7, 11) is 4.22. The van der Waals surface area contributed by atoms with Crippen LogP contribution < -0.4 is 11.3 Å². The first-order chi connectivity index (χ1) is 7.19. The predicted molar refractivity (Wildman–Crippen MR) is 63.6 cm³/mol. The molecule has 3 N–H and O–H groups in total. The lowest BCUT2D eigenvalue weighted by Crippen LogP contribution is -2.50. The highest BCUT2D eigenvalue weighted by Gasteiger charge is 2.22. The summed E-state index contributed by atoms with van der Waals surface area (Å²) in [6, 6.07) is 0.558. The molecule has 0 aromatic carbocycles. The Hall–Kier alpha value is -0.810. The molecule has 0 amide bonds. The zero-order valence-corrected chi connectivity index (χ0v) is 10.0. The summed E-state index contributed by atoms with van der Waals surface area (Å²) in [4.78, 5) is 8.85. The number of nitrogens with zero attached hydrogens (tertiary/aromatic N) is 3. The number of hydrogen-bond donors (Lipinski definition) is 2. The lowest BCUT2D eigenvalue weighted by atomic mass is 10.0. The summed E-state index contributed by atoms with van der Waals surface area (Å²) in [5.74, 6) is 6.26. The fourth-order valence-corrected chi connectivity index (χ4v) is 1.96. The number of piperidine rings is 1. The van der Waals surface area contributed by atoms with Crippen molar-refractivity contribution in [2.24, 2.45) is 10.8 Å². The second kappa shape index (κ2) is 5.92. The van der Waals surface area contributed by atoms with Gasteiger partial charge in [0.1, 0.15) is 0 Å². The zero-order chi connectivity index (χ0) is 11.3. The summed E-state index contributed by atoms with van der Waals surface area (Å²) in [6.45, 7) is 5.08. The largest absolute Gasteiger partial charge is 0.342 e. The van der Waals surface area contributed by atoms with E-state index in [1.165, 1.54) is 12.8 Å². The standard InChI is InChI=1S/C10H23N5/c1-4-12-10(13-11)15(3)9-5-7-14(2)8-6-9/h9H,4-8,11H2,1-3H3,(H,12,13). The predicted octanol–water partition coefficient (Wildman–Crippen LogP) is -0.148. The van der Waals surface area contributed by atoms with Crippen molar-refractivity contribution in [3.05, 3.63) is 0 Å². The van der Waals surface area contributed by atoms with E-state index in [4.69, 9.17) is 5.84 Å². The molecule has 0 saturated carbocycles. The zero-order valence-electron chi connectivity index (χ0n) is 10.0. The van der Waals surface area contributed by atoms with Gasteiger partial charge in [-0.25, -0.2) is 5.84 Å². The molecule has 0 radical (unpaired) electrons. The Morgan fingerprint density at radius 3 is 2.60 bits per heavy atom. The van der Waals surface area contributed by atoms with E-state index in [1.54, 1.807) is 0 Å². The van der Waals surface area contributed by atoms with Crippen LogP contribution in [0, 0.1) is 0 Å². The van der Waals surface area contributed by atoms with Gasteiger partial charge in [0.15, 0.2) is 0 Å². The van der Waals surface area contributed by atoms with Crippen molar-refractivity contribution in [1.82, 2.24) is 15.2 Å². The maximum absolute atomic E-state index is 5.46. The third-order valence-corrected chi connectivity index (χ3v) is 3.01. The molecule has 1 rings (SSSR count). The van der Waals surface area contributed by atoms with Gasteiger partial charge in [0.2, 0.25) is 5.96 Å². The third-order valence-electron chi connectivity index (χ3n) is 3.01. The number of likely N-dealkylation sites (tertiary alicyclic amines) is 1. The molecule has 0 spiro atoms. The topological polar surface area (TPSA) is 56.9 Å². The Labute approximate surface area is 92.3 Å². The van der Waals surface area contributed by atoms with Crippen molar-refractivity contribution in [2.75, 3.05) is 33.7 Å². The van der Waals surface area contributed by atoms with Crippen molar-refractivity contribution >= 4 is 5.96 Å². The fraction of sp³-hybridized carbons (Fsp3) is 0.900. The van der Waals surface area contributed by atoms with E-state index in [9.17, 15) is 0 Å². The second-order valence-corrected chi connectivity index (χ2v) is 4.09. The number of aliphatic imine (C=N–C) groups is 1. The van der Waals surface area contributed by atoms with Crippen molar-refractivity contribution in [3.63, 3.8) is 0 Å². The molecule has 1 aliphatic rings. The van der Waals surface area contributed by atoms with Crippen LogP contribution >= 0.6 is 0 Å². The van der Waals surface area contributed by atoms with Crippen LogP contribution in [0.2, 0.25) is 0 Å². The molecule has 0 unspecified atom stereocenters. The highest BCUT2D eigenvalue weighted by Crippen LogP contribution is 2.13. The number of hydrogen-bond acceptors (Lipinski definition) is 3. The number of rotatable bonds is 2. The smallest absolute Gasteiger partial charge is 0.208 e. The SMILES string of the molecule is CCN=C(NN)N(C)C1CCN(C)CC1. The third kappa shape index (κ3) is 3.35. The molecule has 1 fully saturated rings. The lowest BCUT2D eigenvalue weighted by Gasteiger charge is -2.36. The van der Waals surface area contributed by atoms with Crippen molar-refractivity contribution in [2.45, 2.75) is 25.8 Å². The van der Waals surface area contributed by atoms with Gasteiger partial charge >= 0.3 is 0 Å². The Bertz CT molecular complexity index is 208. The van der Waals surface area contributed by atoms with E-state index >= 15 is 0 Å². The van der Waals surface area contributed by atoms with Gasteiger partial charge in [-0.1, -0.05) is 0 Å². The van der Waals surface area contributed by atoms with Gasteiger partial charge in [0, 0.05) is 19.6 Å². The molecular weight excluding hydrogens is 190 g/mol. The fourth-order valence-electron chi connectivity index (χ4n) is 1.96. The first-order valence-electron chi connectivity index (χ1n) is 5.61. The van der Waals surface area contributed by atoms with Gasteiger partial charge in [-0.15, -0.1) is 0 Å². The maximum Gasteiger partial charge on any atom is 0.208 e. The number of guanidine groups is 1. The molecule has 1 saturated heterocycles. The molecule has 1 aliphatic heterocycles. The molecule has 5 heteroatoms. The van der Waals surface area contributed by atoms with Crippen LogP contribution in [0.1, 0.15) is 19.8 Å². The summed E-state index contributed by atoms with van der Waals surface area (Å²) in [6.07, 6.45) is 2.36. The van der Waals surface area contributed by atoms with Gasteiger partial charge in [-0.05, 0) is 39.9 Å². The molecule has 1 heterocycles. The minimum Gasteiger partial charge on any atom is -0.342 e. The Morgan fingerprint density at radius 1 is 1.53 bits per heavy atom. The quantitative estimate of drug-likeness (QED) is 0.290. The van der Waals surface area contributed by atoms with E-state index in [0.29, 0.717) is 6.04 Å². The average molecular weight is 213 g/mol. The van der Waals surface area contributed by atoms with Crippen LogP contribution in [0.15, 0.2) is 4.99 Å². The number of hydrazine groups is 1. The first-order valence-corrected chi connectivity index (χ1v) is 5.61. The normalized spacial score (nSPS) is 20.4. The maximum atomic E-state index is 5.46. The van der Waals surface area contributed by atoms with Crippen LogP contribution in [-0.4, -0.2) is 55.5 Å². The second-order valence-electron chi connectivity index (χ2n) is 4.09. The van der Waals surface area contributed by atoms with Crippen LogP contribution in [0.3, 0.4) is 0 Å². The van der Waals surface area contributed by atoms with Gasteiger partial charge in [-0.2, -0.15) is 0 Å². The number of nitrogens with one attached hydrogen (secondary N) is 1. The highest BCUT2D eigenvalue weighted by molar-refractivity contribution is 5.79. The molecule has 0 aliphatic carbocycles. The van der Waals surface area contributed by atoms with Crippen molar-refractivity contribution < 1.29 is 0 Å². The van der Waals surface area contributed by atoms with E-state index in [2.05, 4.69) is 34.3 Å². The summed E-state index contributed by atoms with van der Waals surface area (Å²) < 4.78 is 0. The van der Waals surface area contributed by atoms with E-state index < -0.39 is 0 Å². The molecule has 0 aromatic heterocycles. The Balaban J connectivity index is 2.51. The molecule has 0 bridgehead atoms. The van der Waals surface area contributed by atoms with Crippen molar-refractivity contribution in [3.8, 4) is 0 Å². The Kier molecular flexibility index (Phi) is 4.84. The lowest BCUT2D eigenvalue weighted by molar-refractivity contribution is 0.189. The first kappa shape index (κ1) is 12.3. The molecule has 0 aromatic rings. The minimum atomic E-state index is 0.558. The highest BCUT2D eigenvalue weighted by atomic mass is 15.4. The summed E-state index contributed by atoms with van der Waals surface area (Å²) >= 11 is 0. The molecular formula is C10H23N5. The van der Waals surface area contributed by atoms with Crippen LogP contribution in [0.4, 0.5) is 0 Å².